The van der Waals surface area contributed by atoms with Crippen molar-refractivity contribution in [2.24, 2.45) is 0 Å². The number of allylic oxidation sites excluding steroid dienone is 8. The van der Waals surface area contributed by atoms with Crippen molar-refractivity contribution in [2.45, 2.75) is 77.7 Å². The number of carbonyl (C=O) groups is 1. The van der Waals surface area contributed by atoms with Gasteiger partial charge in [0.1, 0.15) is 0 Å². The molecule has 23 heavy (non-hydrogen) atoms. The van der Waals surface area contributed by atoms with Crippen molar-refractivity contribution >= 4 is 5.78 Å². The zero-order valence-electron chi connectivity index (χ0n) is 14.9. The first kappa shape index (κ1) is 21.6. The second-order valence-electron chi connectivity index (χ2n) is 5.82. The van der Waals surface area contributed by atoms with E-state index in [9.17, 15) is 9.90 Å². The first-order valence-electron chi connectivity index (χ1n) is 9.02. The van der Waals surface area contributed by atoms with Gasteiger partial charge in [0, 0.05) is 6.42 Å². The number of hydrogen-bond acceptors (Lipinski definition) is 2. The average molecular weight is 319 g/mol. The Morgan fingerprint density at radius 1 is 0.957 bits per heavy atom. The van der Waals surface area contributed by atoms with Crippen LogP contribution in [-0.4, -0.2) is 17.0 Å². The van der Waals surface area contributed by atoms with Crippen molar-refractivity contribution in [1.29, 1.82) is 0 Å². The van der Waals surface area contributed by atoms with Crippen LogP contribution in [0.1, 0.15) is 71.6 Å². The first-order chi connectivity index (χ1) is 11.2. The topological polar surface area (TPSA) is 37.3 Å². The molecule has 1 atom stereocenters. The summed E-state index contributed by atoms with van der Waals surface area (Å²) in [5, 5.41) is 9.75. The van der Waals surface area contributed by atoms with Gasteiger partial charge >= 0.3 is 0 Å². The summed E-state index contributed by atoms with van der Waals surface area (Å²) >= 11 is 0. The molecule has 2 heteroatoms. The van der Waals surface area contributed by atoms with Crippen molar-refractivity contribution in [3.05, 3.63) is 48.6 Å². The summed E-state index contributed by atoms with van der Waals surface area (Å²) < 4.78 is 0. The molecular formula is C21H34O2. The van der Waals surface area contributed by atoms with E-state index < -0.39 is 6.10 Å². The number of unbranched alkanes of at least 4 members (excludes halogenated alkanes) is 5. The van der Waals surface area contributed by atoms with Crippen LogP contribution in [0.15, 0.2) is 48.6 Å². The second kappa shape index (κ2) is 17.0. The summed E-state index contributed by atoms with van der Waals surface area (Å²) in [6.45, 7) is 3.95. The van der Waals surface area contributed by atoms with Crippen molar-refractivity contribution < 1.29 is 9.90 Å². The van der Waals surface area contributed by atoms with Crippen LogP contribution in [0, 0.1) is 0 Å². The van der Waals surface area contributed by atoms with Gasteiger partial charge in [-0.1, -0.05) is 75.1 Å². The molecular weight excluding hydrogens is 284 g/mol. The Labute approximate surface area is 142 Å². The fourth-order valence-corrected chi connectivity index (χ4v) is 2.28. The number of rotatable bonds is 14. The number of carbonyl (C=O) groups excluding carboxylic acids is 1. The normalized spacial score (nSPS) is 13.9. The van der Waals surface area contributed by atoms with Crippen LogP contribution in [0.2, 0.25) is 0 Å². The monoisotopic (exact) mass is 318 g/mol. The van der Waals surface area contributed by atoms with Gasteiger partial charge in [-0.3, -0.25) is 4.79 Å². The van der Waals surface area contributed by atoms with Gasteiger partial charge < -0.3 is 5.11 Å². The van der Waals surface area contributed by atoms with E-state index in [1.165, 1.54) is 25.3 Å². The maximum atomic E-state index is 11.3. The molecule has 0 aliphatic heterocycles. The van der Waals surface area contributed by atoms with Gasteiger partial charge in [-0.2, -0.15) is 0 Å². The number of hydrogen-bond donors (Lipinski definition) is 1. The quantitative estimate of drug-likeness (QED) is 0.254. The minimum atomic E-state index is -0.477. The Balaban J connectivity index is 3.42. The van der Waals surface area contributed by atoms with E-state index >= 15 is 0 Å². The van der Waals surface area contributed by atoms with Crippen LogP contribution in [0.4, 0.5) is 0 Å². The molecule has 0 amide bonds. The lowest BCUT2D eigenvalue weighted by atomic mass is 10.0. The number of aliphatic hydroxyl groups is 1. The molecule has 0 bridgehead atoms. The largest absolute Gasteiger partial charge is 0.393 e. The van der Waals surface area contributed by atoms with Gasteiger partial charge in [-0.25, -0.2) is 0 Å². The van der Waals surface area contributed by atoms with Gasteiger partial charge in [0.25, 0.3) is 0 Å². The summed E-state index contributed by atoms with van der Waals surface area (Å²) in [5.41, 5.74) is 0. The highest BCUT2D eigenvalue weighted by Gasteiger charge is 2.07. The molecule has 0 aromatic carbocycles. The van der Waals surface area contributed by atoms with E-state index in [4.69, 9.17) is 0 Å². The molecule has 1 N–H and O–H groups in total. The molecule has 0 saturated heterocycles. The van der Waals surface area contributed by atoms with Crippen molar-refractivity contribution in [3.8, 4) is 0 Å². The zero-order chi connectivity index (χ0) is 17.2. The molecule has 0 heterocycles. The Hall–Kier alpha value is -1.41. The Morgan fingerprint density at radius 2 is 1.61 bits per heavy atom. The number of ketones is 1. The molecule has 0 radical (unpaired) electrons. The van der Waals surface area contributed by atoms with Gasteiger partial charge in [-0.05, 0) is 38.7 Å². The van der Waals surface area contributed by atoms with Gasteiger partial charge in [0.2, 0.25) is 0 Å². The van der Waals surface area contributed by atoms with Crippen LogP contribution in [0.3, 0.4) is 0 Å². The molecule has 0 aromatic rings. The summed E-state index contributed by atoms with van der Waals surface area (Å²) in [6, 6.07) is 0. The fourth-order valence-electron chi connectivity index (χ4n) is 2.28. The molecule has 0 aliphatic carbocycles. The smallest absolute Gasteiger partial charge is 0.157 e. The second-order valence-corrected chi connectivity index (χ2v) is 5.82. The minimum Gasteiger partial charge on any atom is -0.393 e. The number of aliphatic hydroxyl groups excluding tert-OH is 1. The Kier molecular flexibility index (Phi) is 15.9. The predicted octanol–water partition coefficient (Wildman–Crippen LogP) is 5.69. The van der Waals surface area contributed by atoms with Gasteiger partial charge in [0.05, 0.1) is 6.10 Å². The lowest BCUT2D eigenvalue weighted by Gasteiger charge is -2.08. The van der Waals surface area contributed by atoms with E-state index in [1.807, 2.05) is 6.92 Å². The SMILES string of the molecule is C/C=C/C(=O)C[C@@H](O)CCCCCCC\C=C/C=C\C=C\CC. The molecule has 0 aromatic heterocycles. The van der Waals surface area contributed by atoms with Crippen molar-refractivity contribution in [2.75, 3.05) is 0 Å². The maximum Gasteiger partial charge on any atom is 0.157 e. The third kappa shape index (κ3) is 16.8. The van der Waals surface area contributed by atoms with Crippen molar-refractivity contribution in [1.82, 2.24) is 0 Å². The average Bonchev–Trinajstić information content (AvgIpc) is 2.52. The molecule has 0 aliphatic rings. The van der Waals surface area contributed by atoms with Crippen LogP contribution in [0.25, 0.3) is 0 Å². The molecule has 0 unspecified atom stereocenters. The fraction of sp³-hybridized carbons (Fsp3) is 0.571. The summed E-state index contributed by atoms with van der Waals surface area (Å²) in [6.07, 6.45) is 24.5. The molecule has 0 fully saturated rings. The van der Waals surface area contributed by atoms with Crippen molar-refractivity contribution in [3.63, 3.8) is 0 Å². The predicted molar refractivity (Wildman–Crippen MR) is 100 cm³/mol. The third-order valence-electron chi connectivity index (χ3n) is 3.54. The summed E-state index contributed by atoms with van der Waals surface area (Å²) in [5.74, 6) is 0.0195. The Morgan fingerprint density at radius 3 is 2.30 bits per heavy atom. The van der Waals surface area contributed by atoms with E-state index in [2.05, 4.69) is 43.4 Å². The van der Waals surface area contributed by atoms with E-state index in [1.54, 1.807) is 6.08 Å². The molecule has 2 nitrogen and oxygen atoms in total. The van der Waals surface area contributed by atoms with Crippen LogP contribution in [0.5, 0.6) is 0 Å². The highest BCUT2D eigenvalue weighted by Crippen LogP contribution is 2.11. The van der Waals surface area contributed by atoms with E-state index in [0.29, 0.717) is 0 Å². The zero-order valence-corrected chi connectivity index (χ0v) is 14.9. The van der Waals surface area contributed by atoms with Crippen LogP contribution in [-0.2, 0) is 4.79 Å². The first-order valence-corrected chi connectivity index (χ1v) is 9.02. The lowest BCUT2D eigenvalue weighted by Crippen LogP contribution is -2.11. The Bertz CT molecular complexity index is 389. The van der Waals surface area contributed by atoms with E-state index in [0.717, 1.165) is 32.1 Å². The van der Waals surface area contributed by atoms with Crippen LogP contribution < -0.4 is 0 Å². The maximum absolute atomic E-state index is 11.3. The summed E-state index contributed by atoms with van der Waals surface area (Å²) in [4.78, 5) is 11.3. The molecule has 0 rings (SSSR count). The highest BCUT2D eigenvalue weighted by molar-refractivity contribution is 5.89. The third-order valence-corrected chi connectivity index (χ3v) is 3.54. The minimum absolute atomic E-state index is 0.0195. The van der Waals surface area contributed by atoms with Gasteiger partial charge in [-0.15, -0.1) is 0 Å². The van der Waals surface area contributed by atoms with E-state index in [-0.39, 0.29) is 12.2 Å². The molecule has 0 saturated carbocycles. The van der Waals surface area contributed by atoms with Crippen LogP contribution >= 0.6 is 0 Å². The summed E-state index contributed by atoms with van der Waals surface area (Å²) in [7, 11) is 0. The standard InChI is InChI=1S/C21H34O2/c1-3-5-6-7-8-9-10-11-12-13-14-15-16-18-21(23)19-20(22)17-4-2/h4-10,17,21,23H,3,11-16,18-19H2,1-2H3/b6-5+,8-7-,10-9-,17-4+/t21-/m0/s1. The highest BCUT2D eigenvalue weighted by atomic mass is 16.3. The lowest BCUT2D eigenvalue weighted by molar-refractivity contribution is -0.116. The molecule has 0 spiro atoms. The van der Waals surface area contributed by atoms with Gasteiger partial charge in [0.15, 0.2) is 5.78 Å². The molecule has 130 valence electrons.